The van der Waals surface area contributed by atoms with Gasteiger partial charge in [-0.05, 0) is 12.8 Å². The molecule has 0 radical (unpaired) electrons. The van der Waals surface area contributed by atoms with E-state index in [1.165, 1.54) is 17.3 Å². The molecule has 2 heterocycles. The number of carbonyl (C=O) groups is 2. The van der Waals surface area contributed by atoms with Crippen molar-refractivity contribution in [2.45, 2.75) is 18.9 Å². The number of hydrogen-bond donors (Lipinski definition) is 2. The van der Waals surface area contributed by atoms with Gasteiger partial charge in [-0.25, -0.2) is 4.79 Å². The molecular weight excluding hydrogens is 198 g/mol. The lowest BCUT2D eigenvalue weighted by atomic mass is 10.2. The van der Waals surface area contributed by atoms with Gasteiger partial charge in [0.25, 0.3) is 5.91 Å². The lowest BCUT2D eigenvalue weighted by Gasteiger charge is -2.20. The molecule has 1 atom stereocenters. The van der Waals surface area contributed by atoms with Crippen molar-refractivity contribution in [3.63, 3.8) is 0 Å². The predicted octanol–water partition coefficient (Wildman–Crippen LogP) is 0.0989. The number of carboxylic acids is 1. The van der Waals surface area contributed by atoms with Crippen LogP contribution in [0.15, 0.2) is 12.4 Å². The van der Waals surface area contributed by atoms with E-state index in [-0.39, 0.29) is 5.91 Å². The summed E-state index contributed by atoms with van der Waals surface area (Å²) in [4.78, 5) is 24.1. The zero-order valence-corrected chi connectivity index (χ0v) is 8.01. The Hall–Kier alpha value is -1.85. The molecule has 1 aliphatic rings. The van der Waals surface area contributed by atoms with Crippen LogP contribution >= 0.6 is 0 Å². The largest absolute Gasteiger partial charge is 0.480 e. The zero-order valence-electron chi connectivity index (χ0n) is 8.01. The van der Waals surface area contributed by atoms with Crippen molar-refractivity contribution in [2.24, 2.45) is 0 Å². The van der Waals surface area contributed by atoms with Crippen molar-refractivity contribution in [1.29, 1.82) is 0 Å². The minimum absolute atomic E-state index is 0.270. The van der Waals surface area contributed by atoms with E-state index in [4.69, 9.17) is 5.11 Å². The number of carbonyl (C=O) groups excluding carboxylic acids is 1. The van der Waals surface area contributed by atoms with E-state index in [9.17, 15) is 9.59 Å². The van der Waals surface area contributed by atoms with E-state index in [0.717, 1.165) is 6.42 Å². The Labute approximate surface area is 85.9 Å². The molecular formula is C9H11N3O3. The van der Waals surface area contributed by atoms with Crippen molar-refractivity contribution in [2.75, 3.05) is 6.54 Å². The van der Waals surface area contributed by atoms with Gasteiger partial charge in [-0.15, -0.1) is 0 Å². The van der Waals surface area contributed by atoms with Crippen LogP contribution < -0.4 is 0 Å². The molecule has 6 heteroatoms. The number of nitrogens with zero attached hydrogens (tertiary/aromatic N) is 2. The molecule has 0 bridgehead atoms. The van der Waals surface area contributed by atoms with E-state index in [1.807, 2.05) is 0 Å². The van der Waals surface area contributed by atoms with Crippen LogP contribution in [-0.2, 0) is 4.79 Å². The van der Waals surface area contributed by atoms with Crippen molar-refractivity contribution in [1.82, 2.24) is 15.1 Å². The zero-order chi connectivity index (χ0) is 10.8. The van der Waals surface area contributed by atoms with Crippen LogP contribution in [0.4, 0.5) is 0 Å². The summed E-state index contributed by atoms with van der Waals surface area (Å²) in [5, 5.41) is 15.1. The highest BCUT2D eigenvalue weighted by atomic mass is 16.4. The Morgan fingerprint density at radius 2 is 2.40 bits per heavy atom. The first-order chi connectivity index (χ1) is 7.20. The Morgan fingerprint density at radius 3 is 3.00 bits per heavy atom. The molecule has 1 aromatic rings. The van der Waals surface area contributed by atoms with Gasteiger partial charge in [0.2, 0.25) is 0 Å². The number of aromatic nitrogens is 2. The van der Waals surface area contributed by atoms with Crippen LogP contribution in [-0.4, -0.2) is 44.7 Å². The highest BCUT2D eigenvalue weighted by Gasteiger charge is 2.34. The summed E-state index contributed by atoms with van der Waals surface area (Å²) >= 11 is 0. The van der Waals surface area contributed by atoms with E-state index in [2.05, 4.69) is 10.2 Å². The van der Waals surface area contributed by atoms with E-state index < -0.39 is 12.0 Å². The average Bonchev–Trinajstić information content (AvgIpc) is 2.88. The van der Waals surface area contributed by atoms with Gasteiger partial charge in [-0.2, -0.15) is 5.10 Å². The normalized spacial score (nSPS) is 20.5. The third kappa shape index (κ3) is 1.70. The molecule has 1 aliphatic heterocycles. The highest BCUT2D eigenvalue weighted by Crippen LogP contribution is 2.19. The summed E-state index contributed by atoms with van der Waals surface area (Å²) in [6, 6.07) is -0.688. The summed E-state index contributed by atoms with van der Waals surface area (Å²) in [6.45, 7) is 0.501. The topological polar surface area (TPSA) is 86.3 Å². The number of aromatic amines is 1. The average molecular weight is 209 g/mol. The SMILES string of the molecule is O=C(O)C1CCCN1C(=O)c1cn[nH]c1. The first kappa shape index (κ1) is 9.70. The highest BCUT2D eigenvalue weighted by molar-refractivity contribution is 5.96. The number of likely N-dealkylation sites (tertiary alicyclic amines) is 1. The smallest absolute Gasteiger partial charge is 0.326 e. The minimum atomic E-state index is -0.940. The molecule has 2 N–H and O–H groups in total. The quantitative estimate of drug-likeness (QED) is 0.723. The second-order valence-electron chi connectivity index (χ2n) is 3.48. The van der Waals surface area contributed by atoms with Gasteiger partial charge < -0.3 is 10.0 Å². The fourth-order valence-electron chi connectivity index (χ4n) is 1.80. The van der Waals surface area contributed by atoms with Crippen LogP contribution in [0, 0.1) is 0 Å². The molecule has 1 unspecified atom stereocenters. The molecule has 1 amide bonds. The van der Waals surface area contributed by atoms with Crippen LogP contribution in [0.25, 0.3) is 0 Å². The van der Waals surface area contributed by atoms with Gasteiger partial charge in [0.15, 0.2) is 0 Å². The van der Waals surface area contributed by atoms with Gasteiger partial charge in [0, 0.05) is 12.7 Å². The van der Waals surface area contributed by atoms with Gasteiger partial charge in [-0.3, -0.25) is 9.89 Å². The summed E-state index contributed by atoms with van der Waals surface area (Å²) < 4.78 is 0. The maximum absolute atomic E-state index is 11.8. The Kier molecular flexibility index (Phi) is 2.40. The second kappa shape index (κ2) is 3.72. The third-order valence-electron chi connectivity index (χ3n) is 2.54. The van der Waals surface area contributed by atoms with Crippen LogP contribution in [0.2, 0.25) is 0 Å². The fraction of sp³-hybridized carbons (Fsp3) is 0.444. The van der Waals surface area contributed by atoms with Gasteiger partial charge >= 0.3 is 5.97 Å². The first-order valence-electron chi connectivity index (χ1n) is 4.72. The van der Waals surface area contributed by atoms with Crippen molar-refractivity contribution < 1.29 is 14.7 Å². The molecule has 0 saturated carbocycles. The number of hydrogen-bond acceptors (Lipinski definition) is 3. The lowest BCUT2D eigenvalue weighted by Crippen LogP contribution is -2.40. The standard InChI is InChI=1S/C9H11N3O3/c13-8(6-4-10-11-5-6)12-3-1-2-7(12)9(14)15/h4-5,7H,1-3H2,(H,10,11)(H,14,15). The van der Waals surface area contributed by atoms with Crippen molar-refractivity contribution in [3.05, 3.63) is 18.0 Å². The number of rotatable bonds is 2. The number of aliphatic carboxylic acids is 1. The number of nitrogens with one attached hydrogen (secondary N) is 1. The Bertz CT molecular complexity index is 374. The van der Waals surface area contributed by atoms with Gasteiger partial charge in [-0.1, -0.05) is 0 Å². The first-order valence-corrected chi connectivity index (χ1v) is 4.72. The van der Waals surface area contributed by atoms with Crippen molar-refractivity contribution >= 4 is 11.9 Å². The summed E-state index contributed by atoms with van der Waals surface area (Å²) in [5.74, 6) is -1.21. The maximum Gasteiger partial charge on any atom is 0.326 e. The van der Waals surface area contributed by atoms with E-state index >= 15 is 0 Å². The second-order valence-corrected chi connectivity index (χ2v) is 3.48. The van der Waals surface area contributed by atoms with E-state index in [1.54, 1.807) is 0 Å². The minimum Gasteiger partial charge on any atom is -0.480 e. The summed E-state index contributed by atoms with van der Waals surface area (Å²) in [6.07, 6.45) is 4.14. The number of H-pyrrole nitrogens is 1. The molecule has 1 fully saturated rings. The predicted molar refractivity (Wildman–Crippen MR) is 50.3 cm³/mol. The number of amides is 1. The Balaban J connectivity index is 2.17. The molecule has 1 aromatic heterocycles. The molecule has 2 rings (SSSR count). The van der Waals surface area contributed by atoms with Gasteiger partial charge in [0.1, 0.15) is 6.04 Å². The third-order valence-corrected chi connectivity index (χ3v) is 2.54. The molecule has 1 saturated heterocycles. The molecule has 15 heavy (non-hydrogen) atoms. The molecule has 0 spiro atoms. The van der Waals surface area contributed by atoms with E-state index in [0.29, 0.717) is 18.5 Å². The molecule has 0 aromatic carbocycles. The van der Waals surface area contributed by atoms with Crippen molar-refractivity contribution in [3.8, 4) is 0 Å². The van der Waals surface area contributed by atoms with Crippen LogP contribution in [0.5, 0.6) is 0 Å². The van der Waals surface area contributed by atoms with Crippen LogP contribution in [0.3, 0.4) is 0 Å². The fourth-order valence-corrected chi connectivity index (χ4v) is 1.80. The lowest BCUT2D eigenvalue weighted by molar-refractivity contribution is -0.141. The molecule has 80 valence electrons. The molecule has 6 nitrogen and oxygen atoms in total. The maximum atomic E-state index is 11.8. The van der Waals surface area contributed by atoms with Crippen LogP contribution in [0.1, 0.15) is 23.2 Å². The summed E-state index contributed by atoms with van der Waals surface area (Å²) in [7, 11) is 0. The Morgan fingerprint density at radius 1 is 1.60 bits per heavy atom. The number of carboxylic acid groups (broad SMARTS) is 1. The monoisotopic (exact) mass is 209 g/mol. The molecule has 0 aliphatic carbocycles. The van der Waals surface area contributed by atoms with Gasteiger partial charge in [0.05, 0.1) is 11.8 Å². The summed E-state index contributed by atoms with van der Waals surface area (Å²) in [5.41, 5.74) is 0.406.